The van der Waals surface area contributed by atoms with Gasteiger partial charge in [-0.1, -0.05) is 24.3 Å². The highest BCUT2D eigenvalue weighted by Gasteiger charge is 2.71. The fraction of sp³-hybridized carbons (Fsp3) is 0.455. The number of nitro groups is 1. The molecule has 0 heterocycles. The molecule has 98 valence electrons. The Morgan fingerprint density at radius 2 is 2.17 bits per heavy atom. The van der Waals surface area contributed by atoms with Gasteiger partial charge in [-0.2, -0.15) is 8.78 Å². The Labute approximate surface area is 101 Å². The number of nitrogens with zero attached hydrogens (tertiary/aromatic N) is 1. The molecule has 5 nitrogen and oxygen atoms in total. The number of hydrogen-bond donors (Lipinski definition) is 2. The first kappa shape index (κ1) is 12.8. The number of fused-ring (bicyclic) bond motifs is 1. The molecule has 0 saturated carbocycles. The monoisotopic (exact) mass is 258 g/mol. The molecule has 2 atom stereocenters. The molecule has 0 radical (unpaired) electrons. The number of aliphatic hydroxyl groups excluding tert-OH is 1. The first-order valence-electron chi connectivity index (χ1n) is 5.35. The lowest BCUT2D eigenvalue weighted by Gasteiger charge is -2.32. The first-order valence-corrected chi connectivity index (χ1v) is 5.35. The van der Waals surface area contributed by atoms with Gasteiger partial charge in [-0.25, -0.2) is 0 Å². The Kier molecular flexibility index (Phi) is 2.83. The molecule has 0 fully saturated rings. The number of nitrogens with two attached hydrogens (primary N) is 1. The summed E-state index contributed by atoms with van der Waals surface area (Å²) >= 11 is 0. The van der Waals surface area contributed by atoms with E-state index in [4.69, 9.17) is 10.8 Å². The Morgan fingerprint density at radius 1 is 1.56 bits per heavy atom. The second-order valence-corrected chi connectivity index (χ2v) is 4.35. The lowest BCUT2D eigenvalue weighted by molar-refractivity contribution is -0.613. The molecule has 18 heavy (non-hydrogen) atoms. The summed E-state index contributed by atoms with van der Waals surface area (Å²) < 4.78 is 27.8. The van der Waals surface area contributed by atoms with Crippen molar-refractivity contribution in [2.24, 2.45) is 5.73 Å². The molecule has 3 N–H and O–H groups in total. The van der Waals surface area contributed by atoms with Crippen LogP contribution in [0, 0.1) is 10.1 Å². The summed E-state index contributed by atoms with van der Waals surface area (Å²) in [5.74, 6) is -3.91. The highest BCUT2D eigenvalue weighted by Crippen LogP contribution is 2.48. The van der Waals surface area contributed by atoms with Crippen molar-refractivity contribution in [3.63, 3.8) is 0 Å². The van der Waals surface area contributed by atoms with Crippen molar-refractivity contribution in [1.29, 1.82) is 0 Å². The van der Waals surface area contributed by atoms with Crippen molar-refractivity contribution < 1.29 is 18.8 Å². The zero-order valence-corrected chi connectivity index (χ0v) is 9.35. The van der Waals surface area contributed by atoms with Gasteiger partial charge in [0.15, 0.2) is 0 Å². The average Bonchev–Trinajstić information content (AvgIpc) is 2.62. The van der Waals surface area contributed by atoms with Crippen LogP contribution >= 0.6 is 0 Å². The van der Waals surface area contributed by atoms with Gasteiger partial charge in [-0.15, -0.1) is 0 Å². The predicted octanol–water partition coefficient (Wildman–Crippen LogP) is 0.670. The largest absolute Gasteiger partial charge is 0.390 e. The van der Waals surface area contributed by atoms with E-state index in [0.29, 0.717) is 5.56 Å². The van der Waals surface area contributed by atoms with Crippen molar-refractivity contribution in [3.05, 3.63) is 45.5 Å². The van der Waals surface area contributed by atoms with Gasteiger partial charge in [-0.05, 0) is 12.0 Å². The quantitative estimate of drug-likeness (QED) is 0.616. The van der Waals surface area contributed by atoms with E-state index in [-0.39, 0.29) is 12.0 Å². The van der Waals surface area contributed by atoms with Crippen LogP contribution in [0.2, 0.25) is 0 Å². The fourth-order valence-corrected chi connectivity index (χ4v) is 2.61. The van der Waals surface area contributed by atoms with E-state index in [9.17, 15) is 18.9 Å². The number of alkyl halides is 2. The third kappa shape index (κ3) is 1.37. The van der Waals surface area contributed by atoms with Gasteiger partial charge in [0.05, 0.1) is 6.04 Å². The van der Waals surface area contributed by atoms with Gasteiger partial charge in [0, 0.05) is 10.5 Å². The molecule has 1 aliphatic rings. The van der Waals surface area contributed by atoms with Crippen molar-refractivity contribution in [2.75, 3.05) is 6.61 Å². The normalized spacial score (nSPS) is 27.0. The predicted molar refractivity (Wildman–Crippen MR) is 58.8 cm³/mol. The zero-order valence-electron chi connectivity index (χ0n) is 9.35. The van der Waals surface area contributed by atoms with Crippen LogP contribution < -0.4 is 5.73 Å². The SMILES string of the molecule is NC1Cc2ccccc2[C@]1([N+](=O)[O-])C(F)(F)CO. The molecule has 0 spiro atoms. The van der Waals surface area contributed by atoms with E-state index in [1.807, 2.05) is 0 Å². The molecule has 0 aromatic heterocycles. The number of halogens is 2. The molecule has 1 aromatic carbocycles. The van der Waals surface area contributed by atoms with Crippen molar-refractivity contribution in [3.8, 4) is 0 Å². The van der Waals surface area contributed by atoms with Crippen LogP contribution in [0.25, 0.3) is 0 Å². The number of rotatable bonds is 3. The summed E-state index contributed by atoms with van der Waals surface area (Å²) in [5, 5.41) is 20.0. The molecular weight excluding hydrogens is 246 g/mol. The van der Waals surface area contributed by atoms with Crippen LogP contribution in [0.1, 0.15) is 11.1 Å². The standard InChI is InChI=1S/C11H12F2N2O3/c12-10(13,6-16)11(15(17)18)8-4-2-1-3-7(8)5-9(11)14/h1-4,9,16H,5-6,14H2/t9?,11-/m1/s1. The van der Waals surface area contributed by atoms with E-state index in [1.165, 1.54) is 18.2 Å². The Bertz CT molecular complexity index is 495. The van der Waals surface area contributed by atoms with E-state index < -0.39 is 29.0 Å². The topological polar surface area (TPSA) is 89.4 Å². The maximum absolute atomic E-state index is 13.9. The minimum absolute atomic E-state index is 0.00720. The van der Waals surface area contributed by atoms with Crippen molar-refractivity contribution >= 4 is 0 Å². The second-order valence-electron chi connectivity index (χ2n) is 4.35. The van der Waals surface area contributed by atoms with E-state index in [0.717, 1.165) is 0 Å². The summed E-state index contributed by atoms with van der Waals surface area (Å²) in [6.07, 6.45) is -0.00720. The maximum Gasteiger partial charge on any atom is 0.344 e. The maximum atomic E-state index is 13.9. The van der Waals surface area contributed by atoms with Gasteiger partial charge in [0.1, 0.15) is 6.61 Å². The molecular formula is C11H12F2N2O3. The highest BCUT2D eigenvalue weighted by atomic mass is 19.3. The van der Waals surface area contributed by atoms with Gasteiger partial charge < -0.3 is 10.8 Å². The molecule has 2 rings (SSSR count). The summed E-state index contributed by atoms with van der Waals surface area (Å²) in [5.41, 5.74) is 3.16. The van der Waals surface area contributed by atoms with Crippen LogP contribution in [0.15, 0.2) is 24.3 Å². The summed E-state index contributed by atoms with van der Waals surface area (Å²) in [4.78, 5) is 10.2. The molecule has 1 aliphatic carbocycles. The minimum Gasteiger partial charge on any atom is -0.390 e. The molecule has 7 heteroatoms. The van der Waals surface area contributed by atoms with E-state index >= 15 is 0 Å². The van der Waals surface area contributed by atoms with E-state index in [1.54, 1.807) is 6.07 Å². The minimum atomic E-state index is -3.91. The summed E-state index contributed by atoms with van der Waals surface area (Å²) in [7, 11) is 0. The fourth-order valence-electron chi connectivity index (χ4n) is 2.61. The molecule has 1 unspecified atom stereocenters. The van der Waals surface area contributed by atoms with Crippen LogP contribution in [-0.4, -0.2) is 28.6 Å². The Balaban J connectivity index is 2.73. The van der Waals surface area contributed by atoms with Crippen LogP contribution in [-0.2, 0) is 12.0 Å². The zero-order chi connectivity index (χ0) is 13.6. The number of benzene rings is 1. The van der Waals surface area contributed by atoms with E-state index in [2.05, 4.69) is 0 Å². The summed E-state index contributed by atoms with van der Waals surface area (Å²) in [6, 6.07) is 4.50. The lowest BCUT2D eigenvalue weighted by atomic mass is 9.83. The smallest absolute Gasteiger partial charge is 0.344 e. The third-order valence-electron chi connectivity index (χ3n) is 3.45. The molecule has 0 aliphatic heterocycles. The molecule has 0 amide bonds. The lowest BCUT2D eigenvalue weighted by Crippen LogP contribution is -2.61. The van der Waals surface area contributed by atoms with Gasteiger partial charge in [0.2, 0.25) is 0 Å². The summed E-state index contributed by atoms with van der Waals surface area (Å²) in [6.45, 7) is -1.62. The first-order chi connectivity index (χ1) is 8.38. The average molecular weight is 258 g/mol. The van der Waals surface area contributed by atoms with Crippen molar-refractivity contribution in [1.82, 2.24) is 0 Å². The number of hydrogen-bond acceptors (Lipinski definition) is 4. The molecule has 0 bridgehead atoms. The third-order valence-corrected chi connectivity index (χ3v) is 3.45. The number of aliphatic hydroxyl groups is 1. The van der Waals surface area contributed by atoms with Gasteiger partial charge >= 0.3 is 11.5 Å². The van der Waals surface area contributed by atoms with Gasteiger partial charge in [-0.3, -0.25) is 10.1 Å². The highest BCUT2D eigenvalue weighted by molar-refractivity contribution is 5.42. The van der Waals surface area contributed by atoms with Crippen LogP contribution in [0.5, 0.6) is 0 Å². The van der Waals surface area contributed by atoms with Crippen LogP contribution in [0.3, 0.4) is 0 Å². The van der Waals surface area contributed by atoms with Crippen LogP contribution in [0.4, 0.5) is 8.78 Å². The molecule has 0 saturated heterocycles. The van der Waals surface area contributed by atoms with Crippen molar-refractivity contribution in [2.45, 2.75) is 23.9 Å². The Morgan fingerprint density at radius 3 is 2.72 bits per heavy atom. The van der Waals surface area contributed by atoms with Gasteiger partial charge in [0.25, 0.3) is 0 Å². The molecule has 1 aromatic rings. The second kappa shape index (κ2) is 3.96. The Hall–Kier alpha value is -1.60.